The Morgan fingerprint density at radius 2 is 1.31 bits per heavy atom. The molecule has 2 N–H and O–H groups in total. The average Bonchev–Trinajstić information content (AvgIpc) is 2.82. The van der Waals surface area contributed by atoms with E-state index < -0.39 is 6.10 Å². The first-order valence-electron chi connectivity index (χ1n) is 10.9. The molecule has 0 saturated heterocycles. The Balaban J connectivity index is 0.00000289. The van der Waals surface area contributed by atoms with Crippen LogP contribution in [0.2, 0.25) is 0 Å². The van der Waals surface area contributed by atoms with E-state index in [-0.39, 0.29) is 18.4 Å². The maximum Gasteiger partial charge on any atom is 0.122 e. The molecule has 170 valence electrons. The van der Waals surface area contributed by atoms with Gasteiger partial charge >= 0.3 is 0 Å². The van der Waals surface area contributed by atoms with Gasteiger partial charge in [-0.25, -0.2) is 0 Å². The number of fused-ring (bicyclic) bond motifs is 1. The molecule has 0 fully saturated rings. The van der Waals surface area contributed by atoms with E-state index in [1.165, 1.54) is 11.1 Å². The molecule has 0 bridgehead atoms. The van der Waals surface area contributed by atoms with Gasteiger partial charge < -0.3 is 19.9 Å². The third-order valence-electron chi connectivity index (χ3n) is 6.33. The molecule has 1 aliphatic rings. The lowest BCUT2D eigenvalue weighted by Crippen LogP contribution is -2.46. The molecule has 3 aromatic carbocycles. The summed E-state index contributed by atoms with van der Waals surface area (Å²) in [7, 11) is 3.37. The average molecular weight is 454 g/mol. The van der Waals surface area contributed by atoms with Crippen LogP contribution in [0.4, 0.5) is 0 Å². The molecule has 2 atom stereocenters. The van der Waals surface area contributed by atoms with Crippen LogP contribution in [0.5, 0.6) is 11.5 Å². The third-order valence-corrected chi connectivity index (χ3v) is 6.33. The van der Waals surface area contributed by atoms with Gasteiger partial charge in [-0.2, -0.15) is 0 Å². The summed E-state index contributed by atoms with van der Waals surface area (Å²) in [5.41, 5.74) is 4.82. The van der Waals surface area contributed by atoms with E-state index in [1.54, 1.807) is 14.2 Å². The van der Waals surface area contributed by atoms with Crippen molar-refractivity contribution in [1.29, 1.82) is 0 Å². The van der Waals surface area contributed by atoms with Crippen molar-refractivity contribution in [1.82, 2.24) is 5.32 Å². The van der Waals surface area contributed by atoms with Crippen LogP contribution in [-0.4, -0.2) is 38.0 Å². The van der Waals surface area contributed by atoms with Crippen molar-refractivity contribution in [2.24, 2.45) is 0 Å². The number of hydrogen-bond acceptors (Lipinski definition) is 4. The smallest absolute Gasteiger partial charge is 0.122 e. The van der Waals surface area contributed by atoms with E-state index in [1.807, 2.05) is 12.1 Å². The van der Waals surface area contributed by atoms with Gasteiger partial charge in [-0.15, -0.1) is 12.4 Å². The summed E-state index contributed by atoms with van der Waals surface area (Å²) in [5, 5.41) is 14.5. The maximum atomic E-state index is 10.8. The molecular weight excluding hydrogens is 422 g/mol. The van der Waals surface area contributed by atoms with E-state index in [2.05, 4.69) is 66.0 Å². The number of halogens is 1. The van der Waals surface area contributed by atoms with Gasteiger partial charge in [0.15, 0.2) is 0 Å². The lowest BCUT2D eigenvalue weighted by molar-refractivity contribution is 0.117. The summed E-state index contributed by atoms with van der Waals surface area (Å²) in [6.07, 6.45) is 1.78. The zero-order chi connectivity index (χ0) is 21.6. The predicted molar refractivity (Wildman–Crippen MR) is 131 cm³/mol. The lowest BCUT2D eigenvalue weighted by Gasteiger charge is -2.32. The Kier molecular flexibility index (Phi) is 8.57. The molecule has 3 aromatic rings. The van der Waals surface area contributed by atoms with Gasteiger partial charge in [0.1, 0.15) is 11.5 Å². The Morgan fingerprint density at radius 3 is 1.81 bits per heavy atom. The van der Waals surface area contributed by atoms with Crippen LogP contribution in [0.25, 0.3) is 0 Å². The first kappa shape index (κ1) is 24.1. The van der Waals surface area contributed by atoms with Crippen molar-refractivity contribution in [3.63, 3.8) is 0 Å². The SMILES string of the molecule is COc1ccc(OC)c2c1C[C@H](NCCC(c1ccccc1)c1ccccc1)[C@@H](O)C2.Cl. The predicted octanol–water partition coefficient (Wildman–Crippen LogP) is 4.77. The van der Waals surface area contributed by atoms with E-state index in [9.17, 15) is 5.11 Å². The van der Waals surface area contributed by atoms with Crippen molar-refractivity contribution >= 4 is 12.4 Å². The summed E-state index contributed by atoms with van der Waals surface area (Å²) >= 11 is 0. The Hall–Kier alpha value is -2.53. The Bertz CT molecular complexity index is 941. The second-order valence-corrected chi connectivity index (χ2v) is 8.13. The molecule has 4 nitrogen and oxygen atoms in total. The number of benzene rings is 3. The Morgan fingerprint density at radius 1 is 0.812 bits per heavy atom. The quantitative estimate of drug-likeness (QED) is 0.516. The highest BCUT2D eigenvalue weighted by Crippen LogP contribution is 2.36. The first-order valence-corrected chi connectivity index (χ1v) is 10.9. The summed E-state index contributed by atoms with van der Waals surface area (Å²) in [6.45, 7) is 0.817. The molecule has 0 radical (unpaired) electrons. The van der Waals surface area contributed by atoms with Crippen molar-refractivity contribution in [3.8, 4) is 11.5 Å². The van der Waals surface area contributed by atoms with E-state index in [0.29, 0.717) is 12.3 Å². The molecule has 32 heavy (non-hydrogen) atoms. The minimum absolute atomic E-state index is 0. The molecule has 0 aliphatic heterocycles. The zero-order valence-electron chi connectivity index (χ0n) is 18.7. The number of nitrogens with one attached hydrogen (secondary N) is 1. The van der Waals surface area contributed by atoms with E-state index >= 15 is 0 Å². The molecule has 0 amide bonds. The molecule has 4 rings (SSSR count). The van der Waals surface area contributed by atoms with Gasteiger partial charge in [0, 0.05) is 29.5 Å². The summed E-state index contributed by atoms with van der Waals surface area (Å²) in [6, 6.07) is 25.1. The second kappa shape index (κ2) is 11.4. The summed E-state index contributed by atoms with van der Waals surface area (Å²) in [4.78, 5) is 0. The topological polar surface area (TPSA) is 50.7 Å². The lowest BCUT2D eigenvalue weighted by atomic mass is 9.84. The molecule has 0 aromatic heterocycles. The van der Waals surface area contributed by atoms with E-state index in [0.717, 1.165) is 42.0 Å². The standard InChI is InChI=1S/C27H31NO3.ClH/c1-30-26-13-14-27(31-2)23-18-25(29)24(17-22(23)26)28-16-15-21(19-9-5-3-6-10-19)20-11-7-4-8-12-20;/h3-14,21,24-25,28-29H,15-18H2,1-2H3;1H/t24-,25-;/m0./s1. The molecule has 1 aliphatic carbocycles. The fourth-order valence-electron chi connectivity index (χ4n) is 4.71. The monoisotopic (exact) mass is 453 g/mol. The fourth-order valence-corrected chi connectivity index (χ4v) is 4.71. The number of rotatable bonds is 8. The van der Waals surface area contributed by atoms with Crippen molar-refractivity contribution < 1.29 is 14.6 Å². The summed E-state index contributed by atoms with van der Waals surface area (Å²) < 4.78 is 11.1. The number of methoxy groups -OCH3 is 2. The molecule has 0 saturated carbocycles. The zero-order valence-corrected chi connectivity index (χ0v) is 19.5. The second-order valence-electron chi connectivity index (χ2n) is 8.13. The highest BCUT2D eigenvalue weighted by molar-refractivity contribution is 5.85. The highest BCUT2D eigenvalue weighted by atomic mass is 35.5. The van der Waals surface area contributed by atoms with Crippen LogP contribution in [-0.2, 0) is 12.8 Å². The Labute approximate surface area is 197 Å². The third kappa shape index (κ3) is 5.26. The number of aliphatic hydroxyl groups is 1. The van der Waals surface area contributed by atoms with Crippen LogP contribution in [0.3, 0.4) is 0 Å². The van der Waals surface area contributed by atoms with Gasteiger partial charge in [0.2, 0.25) is 0 Å². The molecular formula is C27H32ClNO3. The van der Waals surface area contributed by atoms with Gasteiger partial charge in [-0.1, -0.05) is 60.7 Å². The molecule has 0 spiro atoms. The van der Waals surface area contributed by atoms with Crippen LogP contribution >= 0.6 is 12.4 Å². The van der Waals surface area contributed by atoms with Crippen LogP contribution in [0, 0.1) is 0 Å². The number of hydrogen-bond donors (Lipinski definition) is 2. The van der Waals surface area contributed by atoms with Gasteiger partial charge in [-0.05, 0) is 42.6 Å². The molecule has 0 unspecified atom stereocenters. The van der Waals surface area contributed by atoms with Gasteiger partial charge in [-0.3, -0.25) is 0 Å². The largest absolute Gasteiger partial charge is 0.496 e. The normalized spacial score (nSPS) is 17.4. The number of ether oxygens (including phenoxy) is 2. The van der Waals surface area contributed by atoms with Gasteiger partial charge in [0.05, 0.1) is 20.3 Å². The van der Waals surface area contributed by atoms with Crippen LogP contribution in [0.15, 0.2) is 72.8 Å². The summed E-state index contributed by atoms with van der Waals surface area (Å²) in [5.74, 6) is 2.00. The minimum atomic E-state index is -0.458. The minimum Gasteiger partial charge on any atom is -0.496 e. The van der Waals surface area contributed by atoms with Crippen molar-refractivity contribution in [3.05, 3.63) is 95.1 Å². The first-order chi connectivity index (χ1) is 15.2. The van der Waals surface area contributed by atoms with Crippen molar-refractivity contribution in [2.45, 2.75) is 37.3 Å². The molecule has 5 heteroatoms. The van der Waals surface area contributed by atoms with Gasteiger partial charge in [0.25, 0.3) is 0 Å². The molecule has 0 heterocycles. The van der Waals surface area contributed by atoms with Crippen LogP contribution in [0.1, 0.15) is 34.6 Å². The number of aliphatic hydroxyl groups excluding tert-OH is 1. The van der Waals surface area contributed by atoms with E-state index in [4.69, 9.17) is 9.47 Å². The maximum absolute atomic E-state index is 10.8. The van der Waals surface area contributed by atoms with Crippen molar-refractivity contribution in [2.75, 3.05) is 20.8 Å². The fraction of sp³-hybridized carbons (Fsp3) is 0.333. The van der Waals surface area contributed by atoms with Crippen LogP contribution < -0.4 is 14.8 Å². The highest BCUT2D eigenvalue weighted by Gasteiger charge is 2.31.